The average molecular weight is 459 g/mol. The summed E-state index contributed by atoms with van der Waals surface area (Å²) in [6, 6.07) is 11.0. The molecule has 2 N–H and O–H groups in total. The number of aromatic nitrogens is 2. The summed E-state index contributed by atoms with van der Waals surface area (Å²) in [5.74, 6) is -3.83. The van der Waals surface area contributed by atoms with Crippen molar-refractivity contribution in [2.75, 3.05) is 0 Å². The van der Waals surface area contributed by atoms with E-state index in [2.05, 4.69) is 19.4 Å². The van der Waals surface area contributed by atoms with Gasteiger partial charge in [0, 0.05) is 5.92 Å². The molecule has 0 radical (unpaired) electrons. The van der Waals surface area contributed by atoms with Crippen molar-refractivity contribution in [2.45, 2.75) is 28.3 Å². The van der Waals surface area contributed by atoms with Gasteiger partial charge >= 0.3 is 18.0 Å². The molecule has 2 aromatic heterocycles. The summed E-state index contributed by atoms with van der Waals surface area (Å²) in [5.41, 5.74) is -1.01. The Morgan fingerprint density at radius 3 is 2.53 bits per heavy atom. The van der Waals surface area contributed by atoms with Gasteiger partial charge in [0.05, 0.1) is 4.88 Å². The van der Waals surface area contributed by atoms with Gasteiger partial charge in [-0.05, 0) is 24.1 Å². The van der Waals surface area contributed by atoms with Crippen LogP contribution in [0.5, 0.6) is 0 Å². The van der Waals surface area contributed by atoms with Crippen LogP contribution >= 0.6 is 11.3 Å². The van der Waals surface area contributed by atoms with Gasteiger partial charge in [-0.1, -0.05) is 35.5 Å². The molecule has 0 aliphatic heterocycles. The molecule has 0 spiro atoms. The van der Waals surface area contributed by atoms with Crippen molar-refractivity contribution in [1.29, 1.82) is 0 Å². The standard InChI is InChI=1S/C17H12F3N3O5S2/c18-17(19,20)14-21-13(22-28-14)11-6-7-12(29-11)30(26,27)23-16(15(24)25)8-10(16)9-4-2-1-3-5-9/h1-7,10,23H,8H2,(H,24,25)/t10-,16+/m1/s1. The zero-order valence-electron chi connectivity index (χ0n) is 14.8. The van der Waals surface area contributed by atoms with Crippen LogP contribution in [0, 0.1) is 0 Å². The number of nitrogens with one attached hydrogen (secondary N) is 1. The van der Waals surface area contributed by atoms with E-state index in [1.807, 2.05) is 0 Å². The predicted molar refractivity (Wildman–Crippen MR) is 97.1 cm³/mol. The first-order chi connectivity index (χ1) is 14.0. The molecule has 1 aliphatic rings. The van der Waals surface area contributed by atoms with E-state index in [1.165, 1.54) is 6.07 Å². The quantitative estimate of drug-likeness (QED) is 0.581. The third kappa shape index (κ3) is 3.59. The van der Waals surface area contributed by atoms with Crippen LogP contribution in [-0.4, -0.2) is 35.2 Å². The van der Waals surface area contributed by atoms with Crippen LogP contribution in [0.2, 0.25) is 0 Å². The molecule has 1 aromatic carbocycles. The van der Waals surface area contributed by atoms with Gasteiger partial charge in [-0.15, -0.1) is 11.3 Å². The van der Waals surface area contributed by atoms with E-state index >= 15 is 0 Å². The van der Waals surface area contributed by atoms with Crippen molar-refractivity contribution in [1.82, 2.24) is 14.9 Å². The topological polar surface area (TPSA) is 122 Å². The van der Waals surface area contributed by atoms with Crippen molar-refractivity contribution >= 4 is 27.3 Å². The third-order valence-corrected chi connectivity index (χ3v) is 7.68. The fourth-order valence-electron chi connectivity index (χ4n) is 3.06. The summed E-state index contributed by atoms with van der Waals surface area (Å²) in [5, 5.41) is 12.9. The smallest absolute Gasteiger partial charge is 0.471 e. The van der Waals surface area contributed by atoms with E-state index in [0.29, 0.717) is 16.9 Å². The number of thiophene rings is 1. The van der Waals surface area contributed by atoms with Crippen molar-refractivity contribution in [3.63, 3.8) is 0 Å². The molecule has 8 nitrogen and oxygen atoms in total. The fourth-order valence-corrected chi connectivity index (χ4v) is 5.69. The molecular weight excluding hydrogens is 447 g/mol. The minimum atomic E-state index is -4.83. The summed E-state index contributed by atoms with van der Waals surface area (Å²) in [6.07, 6.45) is -4.76. The van der Waals surface area contributed by atoms with Crippen LogP contribution in [0.1, 0.15) is 23.8 Å². The maximum absolute atomic E-state index is 12.8. The molecule has 0 bridgehead atoms. The Labute approximate surface area is 171 Å². The number of hydrogen-bond acceptors (Lipinski definition) is 7. The number of halogens is 3. The SMILES string of the molecule is O=C(O)[C@]1(NS(=O)(=O)c2ccc(-c3noc(C(F)(F)F)n3)s2)C[C@@H]1c1ccccc1. The highest BCUT2D eigenvalue weighted by atomic mass is 32.2. The molecule has 0 amide bonds. The number of aliphatic carboxylic acids is 1. The highest BCUT2D eigenvalue weighted by Crippen LogP contribution is 2.52. The molecule has 3 aromatic rings. The molecule has 4 rings (SSSR count). The Morgan fingerprint density at radius 2 is 1.93 bits per heavy atom. The first-order valence-electron chi connectivity index (χ1n) is 8.36. The second-order valence-corrected chi connectivity index (χ2v) is 9.58. The van der Waals surface area contributed by atoms with Gasteiger partial charge < -0.3 is 9.63 Å². The zero-order valence-corrected chi connectivity index (χ0v) is 16.4. The van der Waals surface area contributed by atoms with Crippen molar-refractivity contribution in [2.24, 2.45) is 0 Å². The van der Waals surface area contributed by atoms with E-state index in [4.69, 9.17) is 0 Å². The number of nitrogens with zero attached hydrogens (tertiary/aromatic N) is 2. The molecule has 0 saturated heterocycles. The second-order valence-electron chi connectivity index (χ2n) is 6.59. The second kappa shape index (κ2) is 6.89. The number of benzene rings is 1. The zero-order chi connectivity index (χ0) is 21.7. The maximum atomic E-state index is 12.8. The van der Waals surface area contributed by atoms with Gasteiger partial charge in [0.15, 0.2) is 0 Å². The minimum Gasteiger partial charge on any atom is -0.480 e. The summed E-state index contributed by atoms with van der Waals surface area (Å²) in [7, 11) is -4.27. The highest BCUT2D eigenvalue weighted by molar-refractivity contribution is 7.91. The van der Waals surface area contributed by atoms with Gasteiger partial charge in [-0.3, -0.25) is 4.79 Å². The molecular formula is C17H12F3N3O5S2. The van der Waals surface area contributed by atoms with E-state index in [-0.39, 0.29) is 15.5 Å². The number of hydrogen-bond donors (Lipinski definition) is 2. The lowest BCUT2D eigenvalue weighted by atomic mass is 10.1. The maximum Gasteiger partial charge on any atom is 0.471 e. The van der Waals surface area contributed by atoms with Crippen LogP contribution in [-0.2, 0) is 21.0 Å². The van der Waals surface area contributed by atoms with Crippen LogP contribution in [0.15, 0.2) is 51.2 Å². The molecule has 30 heavy (non-hydrogen) atoms. The Morgan fingerprint density at radius 1 is 1.23 bits per heavy atom. The fraction of sp³-hybridized carbons (Fsp3) is 0.235. The van der Waals surface area contributed by atoms with Crippen LogP contribution in [0.25, 0.3) is 10.7 Å². The lowest BCUT2D eigenvalue weighted by Gasteiger charge is -2.14. The molecule has 1 fully saturated rings. The number of rotatable bonds is 6. The normalized spacial score (nSPS) is 21.5. The number of alkyl halides is 3. The summed E-state index contributed by atoms with van der Waals surface area (Å²) >= 11 is 0.598. The molecule has 1 aliphatic carbocycles. The molecule has 1 saturated carbocycles. The van der Waals surface area contributed by atoms with Crippen LogP contribution in [0.4, 0.5) is 13.2 Å². The van der Waals surface area contributed by atoms with E-state index < -0.39 is 45.3 Å². The van der Waals surface area contributed by atoms with Crippen molar-refractivity contribution in [3.8, 4) is 10.7 Å². The molecule has 13 heteroatoms. The number of carboxylic acid groups (broad SMARTS) is 1. The van der Waals surface area contributed by atoms with Crippen LogP contribution in [0.3, 0.4) is 0 Å². The lowest BCUT2D eigenvalue weighted by Crippen LogP contribution is -2.44. The van der Waals surface area contributed by atoms with Gasteiger partial charge in [-0.25, -0.2) is 8.42 Å². The number of carbonyl (C=O) groups is 1. The van der Waals surface area contributed by atoms with Crippen molar-refractivity contribution < 1.29 is 36.0 Å². The number of carboxylic acids is 1. The predicted octanol–water partition coefficient (Wildman–Crippen LogP) is 3.11. The average Bonchev–Trinajstić information content (AvgIpc) is 3.05. The van der Waals surface area contributed by atoms with Gasteiger partial charge in [-0.2, -0.15) is 22.9 Å². The first-order valence-corrected chi connectivity index (χ1v) is 10.7. The van der Waals surface area contributed by atoms with Crippen LogP contribution < -0.4 is 4.72 Å². The summed E-state index contributed by atoms with van der Waals surface area (Å²) in [6.45, 7) is 0. The summed E-state index contributed by atoms with van der Waals surface area (Å²) < 4.78 is 69.4. The first kappa shape index (κ1) is 20.5. The third-order valence-electron chi connectivity index (χ3n) is 4.60. The molecule has 2 atom stereocenters. The largest absolute Gasteiger partial charge is 0.480 e. The Kier molecular flexibility index (Phi) is 4.71. The Hall–Kier alpha value is -2.77. The highest BCUT2D eigenvalue weighted by Gasteiger charge is 2.63. The van der Waals surface area contributed by atoms with E-state index in [1.54, 1.807) is 30.3 Å². The summed E-state index contributed by atoms with van der Waals surface area (Å²) in [4.78, 5) is 15.1. The minimum absolute atomic E-state index is 0.0226. The lowest BCUT2D eigenvalue weighted by molar-refractivity contribution is -0.159. The molecule has 158 valence electrons. The van der Waals surface area contributed by atoms with Gasteiger partial charge in [0.25, 0.3) is 10.0 Å². The monoisotopic (exact) mass is 459 g/mol. The Bertz CT molecular complexity index is 1210. The van der Waals surface area contributed by atoms with Crippen molar-refractivity contribution in [3.05, 3.63) is 53.9 Å². The van der Waals surface area contributed by atoms with E-state index in [0.717, 1.165) is 6.07 Å². The van der Waals surface area contributed by atoms with Gasteiger partial charge in [0.1, 0.15) is 9.75 Å². The Balaban J connectivity index is 1.59. The van der Waals surface area contributed by atoms with E-state index in [9.17, 15) is 31.5 Å². The molecule has 0 unspecified atom stereocenters. The van der Waals surface area contributed by atoms with Gasteiger partial charge in [0.2, 0.25) is 5.82 Å². The molecule has 2 heterocycles. The number of sulfonamides is 1.